The summed E-state index contributed by atoms with van der Waals surface area (Å²) < 4.78 is 11.0. The number of ether oxygens (including phenoxy) is 2. The first-order chi connectivity index (χ1) is 12.9. The fourth-order valence-electron chi connectivity index (χ4n) is 2.84. The molecule has 0 aliphatic carbocycles. The third kappa shape index (κ3) is 5.23. The number of nitrogens with zero attached hydrogens (tertiary/aromatic N) is 2. The molecule has 26 heavy (non-hydrogen) atoms. The van der Waals surface area contributed by atoms with E-state index in [0.29, 0.717) is 13.2 Å². The van der Waals surface area contributed by atoms with Gasteiger partial charge in [0.15, 0.2) is 6.61 Å². The third-order valence-electron chi connectivity index (χ3n) is 4.27. The lowest BCUT2D eigenvalue weighted by molar-refractivity contribution is 0.107. The molecule has 1 fully saturated rings. The van der Waals surface area contributed by atoms with Gasteiger partial charge in [-0.05, 0) is 36.2 Å². The Labute approximate surface area is 155 Å². The summed E-state index contributed by atoms with van der Waals surface area (Å²) in [7, 11) is 0. The molecule has 0 bridgehead atoms. The van der Waals surface area contributed by atoms with Crippen LogP contribution >= 0.6 is 0 Å². The number of oxime groups is 1. The zero-order chi connectivity index (χ0) is 18.0. The molecule has 0 radical (unpaired) electrons. The minimum absolute atomic E-state index is 0.421. The Bertz CT molecular complexity index is 680. The van der Waals surface area contributed by atoms with Gasteiger partial charge in [0, 0.05) is 18.8 Å². The lowest BCUT2D eigenvalue weighted by atomic mass is 10.1. The minimum atomic E-state index is 0.421. The number of morpholine rings is 1. The summed E-state index contributed by atoms with van der Waals surface area (Å²) in [6.45, 7) is 6.45. The molecule has 1 aliphatic rings. The number of anilines is 1. The number of benzene rings is 2. The highest BCUT2D eigenvalue weighted by Crippen LogP contribution is 2.18. The van der Waals surface area contributed by atoms with Gasteiger partial charge in [-0.25, -0.2) is 0 Å². The van der Waals surface area contributed by atoms with Gasteiger partial charge in [0.2, 0.25) is 0 Å². The van der Waals surface area contributed by atoms with E-state index in [-0.39, 0.29) is 0 Å². The maximum Gasteiger partial charge on any atom is 0.151 e. The monoisotopic (exact) mass is 354 g/mol. The quantitative estimate of drug-likeness (QED) is 0.412. The molecular weight excluding hydrogens is 328 g/mol. The molecule has 0 amide bonds. The molecule has 2 aromatic rings. The molecule has 0 aromatic heterocycles. The van der Waals surface area contributed by atoms with E-state index in [1.54, 1.807) is 0 Å². The van der Waals surface area contributed by atoms with E-state index in [0.717, 1.165) is 49.7 Å². The van der Waals surface area contributed by atoms with Gasteiger partial charge in [-0.15, -0.1) is 0 Å². The van der Waals surface area contributed by atoms with E-state index in [1.165, 1.54) is 5.69 Å². The van der Waals surface area contributed by atoms with Gasteiger partial charge in [-0.3, -0.25) is 0 Å². The van der Waals surface area contributed by atoms with Crippen molar-refractivity contribution in [2.45, 2.75) is 13.3 Å². The Morgan fingerprint density at radius 1 is 1.00 bits per heavy atom. The maximum absolute atomic E-state index is 5.60. The summed E-state index contributed by atoms with van der Waals surface area (Å²) in [6, 6.07) is 18.2. The topological polar surface area (TPSA) is 43.3 Å². The second-order valence-corrected chi connectivity index (χ2v) is 6.03. The molecule has 1 saturated heterocycles. The summed E-state index contributed by atoms with van der Waals surface area (Å²) in [5, 5.41) is 4.29. The highest BCUT2D eigenvalue weighted by atomic mass is 16.6. The van der Waals surface area contributed by atoms with Crippen molar-refractivity contribution < 1.29 is 14.3 Å². The first-order valence-electron chi connectivity index (χ1n) is 9.16. The van der Waals surface area contributed by atoms with Crippen molar-refractivity contribution in [1.29, 1.82) is 0 Å². The average Bonchev–Trinajstić information content (AvgIpc) is 2.72. The molecule has 5 nitrogen and oxygen atoms in total. The minimum Gasteiger partial charge on any atom is -0.490 e. The maximum atomic E-state index is 5.60. The molecule has 1 aliphatic heterocycles. The van der Waals surface area contributed by atoms with Crippen molar-refractivity contribution in [1.82, 2.24) is 0 Å². The molecule has 2 aromatic carbocycles. The van der Waals surface area contributed by atoms with Gasteiger partial charge in [0.05, 0.1) is 18.9 Å². The summed E-state index contributed by atoms with van der Waals surface area (Å²) in [5.74, 6) is 0.842. The molecule has 0 saturated carbocycles. The molecule has 0 spiro atoms. The lowest BCUT2D eigenvalue weighted by Crippen LogP contribution is -2.36. The standard InChI is InChI=1S/C21H26N2O3/c1-2-21(22-26-17-16-25-20-6-4-3-5-7-20)18-8-10-19(11-9-18)23-12-14-24-15-13-23/h3-11H,2,12-17H2,1H3/b22-21+. The highest BCUT2D eigenvalue weighted by molar-refractivity contribution is 6.00. The van der Waals surface area contributed by atoms with Crippen molar-refractivity contribution in [2.75, 3.05) is 44.4 Å². The predicted octanol–water partition coefficient (Wildman–Crippen LogP) is 3.73. The van der Waals surface area contributed by atoms with Crippen LogP contribution in [0.15, 0.2) is 59.8 Å². The van der Waals surface area contributed by atoms with Crippen LogP contribution in [0, 0.1) is 0 Å². The Hall–Kier alpha value is -2.53. The van der Waals surface area contributed by atoms with Crippen LogP contribution in [0.1, 0.15) is 18.9 Å². The zero-order valence-electron chi connectivity index (χ0n) is 15.3. The van der Waals surface area contributed by atoms with Crippen LogP contribution in [0.4, 0.5) is 5.69 Å². The smallest absolute Gasteiger partial charge is 0.151 e. The molecule has 0 unspecified atom stereocenters. The Morgan fingerprint density at radius 2 is 1.73 bits per heavy atom. The van der Waals surface area contributed by atoms with Crippen molar-refractivity contribution in [3.05, 3.63) is 60.2 Å². The number of hydrogen-bond donors (Lipinski definition) is 0. The SMILES string of the molecule is CC/C(=N\OCCOc1ccccc1)c1ccc(N2CCOCC2)cc1. The van der Waals surface area contributed by atoms with Crippen molar-refractivity contribution in [2.24, 2.45) is 5.16 Å². The van der Waals surface area contributed by atoms with E-state index in [9.17, 15) is 0 Å². The van der Waals surface area contributed by atoms with Crippen LogP contribution in [0.2, 0.25) is 0 Å². The van der Waals surface area contributed by atoms with Crippen LogP contribution in [-0.2, 0) is 9.57 Å². The highest BCUT2D eigenvalue weighted by Gasteiger charge is 2.11. The largest absolute Gasteiger partial charge is 0.490 e. The summed E-state index contributed by atoms with van der Waals surface area (Å²) in [4.78, 5) is 7.79. The van der Waals surface area contributed by atoms with Crippen LogP contribution < -0.4 is 9.64 Å². The van der Waals surface area contributed by atoms with Crippen molar-refractivity contribution in [3.63, 3.8) is 0 Å². The summed E-state index contributed by atoms with van der Waals surface area (Å²) >= 11 is 0. The van der Waals surface area contributed by atoms with E-state index in [4.69, 9.17) is 14.3 Å². The molecule has 5 heteroatoms. The Morgan fingerprint density at radius 3 is 2.42 bits per heavy atom. The average molecular weight is 354 g/mol. The first kappa shape index (κ1) is 18.3. The first-order valence-corrected chi connectivity index (χ1v) is 9.16. The van der Waals surface area contributed by atoms with E-state index in [1.807, 2.05) is 30.3 Å². The van der Waals surface area contributed by atoms with Gasteiger partial charge in [0.25, 0.3) is 0 Å². The van der Waals surface area contributed by atoms with Gasteiger partial charge in [0.1, 0.15) is 12.4 Å². The molecular formula is C21H26N2O3. The van der Waals surface area contributed by atoms with Crippen molar-refractivity contribution >= 4 is 11.4 Å². The van der Waals surface area contributed by atoms with E-state index < -0.39 is 0 Å². The number of hydrogen-bond acceptors (Lipinski definition) is 5. The summed E-state index contributed by atoms with van der Waals surface area (Å²) in [5.41, 5.74) is 3.26. The fraction of sp³-hybridized carbons (Fsp3) is 0.381. The normalized spacial score (nSPS) is 15.0. The van der Waals surface area contributed by atoms with Crippen LogP contribution in [0.5, 0.6) is 5.75 Å². The molecule has 0 N–H and O–H groups in total. The molecule has 1 heterocycles. The van der Waals surface area contributed by atoms with Gasteiger partial charge >= 0.3 is 0 Å². The van der Waals surface area contributed by atoms with Crippen LogP contribution in [0.25, 0.3) is 0 Å². The fourth-order valence-corrected chi connectivity index (χ4v) is 2.84. The van der Waals surface area contributed by atoms with Crippen molar-refractivity contribution in [3.8, 4) is 5.75 Å². The van der Waals surface area contributed by atoms with Gasteiger partial charge in [-0.1, -0.05) is 42.4 Å². The Balaban J connectivity index is 1.50. The second kappa shape index (κ2) is 9.82. The Kier molecular flexibility index (Phi) is 6.90. The van der Waals surface area contributed by atoms with Gasteiger partial charge < -0.3 is 19.2 Å². The van der Waals surface area contributed by atoms with Crippen LogP contribution in [0.3, 0.4) is 0 Å². The van der Waals surface area contributed by atoms with E-state index in [2.05, 4.69) is 41.2 Å². The van der Waals surface area contributed by atoms with Gasteiger partial charge in [-0.2, -0.15) is 0 Å². The number of rotatable bonds is 8. The van der Waals surface area contributed by atoms with E-state index >= 15 is 0 Å². The third-order valence-corrected chi connectivity index (χ3v) is 4.27. The number of para-hydroxylation sites is 1. The molecule has 138 valence electrons. The van der Waals surface area contributed by atoms with Crippen LogP contribution in [-0.4, -0.2) is 45.2 Å². The molecule has 0 atom stereocenters. The zero-order valence-corrected chi connectivity index (χ0v) is 15.3. The second-order valence-electron chi connectivity index (χ2n) is 6.03. The summed E-state index contributed by atoms with van der Waals surface area (Å²) in [6.07, 6.45) is 0.816. The lowest BCUT2D eigenvalue weighted by Gasteiger charge is -2.28. The molecule has 3 rings (SSSR count). The predicted molar refractivity (Wildman–Crippen MR) is 104 cm³/mol.